The highest BCUT2D eigenvalue weighted by Gasteiger charge is 1.79. The van der Waals surface area contributed by atoms with E-state index in [2.05, 4.69) is 40.7 Å². The second-order valence-corrected chi connectivity index (χ2v) is 2.89. The van der Waals surface area contributed by atoms with Crippen molar-refractivity contribution in [3.63, 3.8) is 0 Å². The quantitative estimate of drug-likeness (QED) is 0.525. The fourth-order valence-corrected chi connectivity index (χ4v) is 0.539. The van der Waals surface area contributed by atoms with Gasteiger partial charge in [0, 0.05) is 0 Å². The first-order valence-electron chi connectivity index (χ1n) is 4.84. The van der Waals surface area contributed by atoms with E-state index in [0.717, 1.165) is 0 Å². The van der Waals surface area contributed by atoms with Crippen LogP contribution in [0, 0.1) is 0 Å². The Hall–Kier alpha value is -0.260. The maximum absolute atomic E-state index is 2.20. The zero-order chi connectivity index (χ0) is 9.11. The zero-order valence-electron chi connectivity index (χ0n) is 8.91. The molecule has 0 fully saturated rings. The van der Waals surface area contributed by atoms with Crippen molar-refractivity contribution < 1.29 is 0 Å². The lowest BCUT2D eigenvalue weighted by Gasteiger charge is -1.91. The molecule has 68 valence electrons. The Labute approximate surface area is 72.7 Å². The molecule has 0 heteroatoms. The summed E-state index contributed by atoms with van der Waals surface area (Å²) in [4.78, 5) is 0. The largest absolute Gasteiger partial charge is 0.0887 e. The van der Waals surface area contributed by atoms with Crippen molar-refractivity contribution in [1.29, 1.82) is 0 Å². The summed E-state index contributed by atoms with van der Waals surface area (Å²) >= 11 is 0. The third-order valence-corrected chi connectivity index (χ3v) is 1.64. The first-order chi connectivity index (χ1) is 5.22. The molecule has 0 spiro atoms. The molecule has 0 saturated heterocycles. The molecule has 0 rings (SSSR count). The van der Waals surface area contributed by atoms with Gasteiger partial charge in [-0.15, -0.1) is 0 Å². The normalized spacial score (nSPS) is 10.5. The topological polar surface area (TPSA) is 0 Å². The van der Waals surface area contributed by atoms with Crippen LogP contribution >= 0.6 is 0 Å². The minimum absolute atomic E-state index is 1.26. The van der Waals surface area contributed by atoms with Crippen LogP contribution < -0.4 is 0 Å². The number of rotatable bonds is 3. The number of hydrogen-bond donors (Lipinski definition) is 0. The molecule has 0 aliphatic rings. The highest BCUT2D eigenvalue weighted by molar-refractivity contribution is 4.94. The molecule has 0 amide bonds. The molecule has 0 bridgehead atoms. The average Bonchev–Trinajstić information content (AvgIpc) is 2.05. The van der Waals surface area contributed by atoms with Crippen LogP contribution in [0.3, 0.4) is 0 Å². The van der Waals surface area contributed by atoms with Gasteiger partial charge in [0.05, 0.1) is 0 Å². The Balaban J connectivity index is 0. The number of hydrogen-bond acceptors (Lipinski definition) is 0. The lowest BCUT2D eigenvalue weighted by Crippen LogP contribution is -1.70. The van der Waals surface area contributed by atoms with Gasteiger partial charge >= 0.3 is 0 Å². The van der Waals surface area contributed by atoms with E-state index >= 15 is 0 Å². The summed E-state index contributed by atoms with van der Waals surface area (Å²) in [6, 6.07) is 0. The summed E-state index contributed by atoms with van der Waals surface area (Å²) in [5.41, 5.74) is 1.50. The van der Waals surface area contributed by atoms with E-state index in [4.69, 9.17) is 0 Å². The van der Waals surface area contributed by atoms with Gasteiger partial charge in [0.2, 0.25) is 0 Å². The first-order valence-corrected chi connectivity index (χ1v) is 4.84. The van der Waals surface area contributed by atoms with Gasteiger partial charge < -0.3 is 0 Å². The summed E-state index contributed by atoms with van der Waals surface area (Å²) in [6.45, 7) is 10.8. The summed E-state index contributed by atoms with van der Waals surface area (Å²) in [6.07, 6.45) is 7.34. The van der Waals surface area contributed by atoms with Gasteiger partial charge in [-0.05, 0) is 20.3 Å². The Kier molecular flexibility index (Phi) is 15.1. The lowest BCUT2D eigenvalue weighted by molar-refractivity contribution is 0.886. The van der Waals surface area contributed by atoms with Crippen LogP contribution in [-0.2, 0) is 0 Å². The molecular weight excluding hydrogens is 132 g/mol. The van der Waals surface area contributed by atoms with Gasteiger partial charge in [-0.25, -0.2) is 0 Å². The van der Waals surface area contributed by atoms with Gasteiger partial charge in [0.1, 0.15) is 0 Å². The summed E-state index contributed by atoms with van der Waals surface area (Å²) in [5, 5.41) is 0. The molecule has 0 aromatic carbocycles. The van der Waals surface area contributed by atoms with E-state index in [1.807, 2.05) is 0 Å². The van der Waals surface area contributed by atoms with Crippen molar-refractivity contribution in [3.8, 4) is 0 Å². The van der Waals surface area contributed by atoms with Crippen LogP contribution in [0.4, 0.5) is 0 Å². The lowest BCUT2D eigenvalue weighted by atomic mass is 10.2. The fourth-order valence-electron chi connectivity index (χ4n) is 0.539. The molecule has 0 aliphatic heterocycles. The van der Waals surface area contributed by atoms with Gasteiger partial charge in [-0.1, -0.05) is 51.7 Å². The van der Waals surface area contributed by atoms with Gasteiger partial charge in [-0.2, -0.15) is 0 Å². The monoisotopic (exact) mass is 156 g/mol. The van der Waals surface area contributed by atoms with E-state index in [1.165, 1.54) is 31.3 Å². The minimum atomic E-state index is 1.26. The number of unbranched alkanes of at least 4 members (excludes halogenated alkanes) is 1. The van der Waals surface area contributed by atoms with E-state index in [0.29, 0.717) is 0 Å². The molecule has 0 heterocycles. The predicted octanol–water partition coefficient (Wildman–Crippen LogP) is 4.56. The van der Waals surface area contributed by atoms with Crippen LogP contribution in [0.2, 0.25) is 0 Å². The standard InChI is InChI=1S/C7H14.C4H10/c1-4-6-7(3)5-2;1-3-4-2/h5H,4,6H2,1-3H3;3-4H2,1-2H3/b7-5+;. The van der Waals surface area contributed by atoms with Crippen LogP contribution in [0.15, 0.2) is 11.6 Å². The Morgan fingerprint density at radius 1 is 1.00 bits per heavy atom. The molecule has 0 atom stereocenters. The molecule has 0 aliphatic carbocycles. The van der Waals surface area contributed by atoms with E-state index in [-0.39, 0.29) is 0 Å². The van der Waals surface area contributed by atoms with Crippen molar-refractivity contribution in [3.05, 3.63) is 11.6 Å². The smallest absolute Gasteiger partial charge is 0.0326 e. The molecule has 0 nitrogen and oxygen atoms in total. The first kappa shape index (κ1) is 13.3. The molecule has 11 heavy (non-hydrogen) atoms. The summed E-state index contributed by atoms with van der Waals surface area (Å²) in [5.74, 6) is 0. The molecule has 0 aromatic heterocycles. The van der Waals surface area contributed by atoms with E-state index in [9.17, 15) is 0 Å². The van der Waals surface area contributed by atoms with Crippen molar-refractivity contribution in [1.82, 2.24) is 0 Å². The van der Waals surface area contributed by atoms with Crippen molar-refractivity contribution >= 4 is 0 Å². The third kappa shape index (κ3) is 17.7. The highest BCUT2D eigenvalue weighted by atomic mass is 13.9. The van der Waals surface area contributed by atoms with Gasteiger partial charge in [-0.3, -0.25) is 0 Å². The minimum Gasteiger partial charge on any atom is -0.0887 e. The van der Waals surface area contributed by atoms with Crippen molar-refractivity contribution in [2.24, 2.45) is 0 Å². The molecule has 0 unspecified atom stereocenters. The van der Waals surface area contributed by atoms with Crippen LogP contribution in [0.1, 0.15) is 60.3 Å². The van der Waals surface area contributed by atoms with Gasteiger partial charge in [0.25, 0.3) is 0 Å². The molecule has 0 saturated carbocycles. The maximum atomic E-state index is 2.20. The average molecular weight is 156 g/mol. The summed E-state index contributed by atoms with van der Waals surface area (Å²) < 4.78 is 0. The number of allylic oxidation sites excluding steroid dienone is 2. The van der Waals surface area contributed by atoms with Crippen LogP contribution in [0.25, 0.3) is 0 Å². The fraction of sp³-hybridized carbons (Fsp3) is 0.818. The third-order valence-electron chi connectivity index (χ3n) is 1.64. The molecule has 0 radical (unpaired) electrons. The SMILES string of the molecule is C/C=C(\C)CCC.CCCC. The van der Waals surface area contributed by atoms with E-state index in [1.54, 1.807) is 0 Å². The zero-order valence-corrected chi connectivity index (χ0v) is 8.91. The van der Waals surface area contributed by atoms with Crippen molar-refractivity contribution in [2.75, 3.05) is 0 Å². The Bertz CT molecular complexity index is 78.0. The second-order valence-electron chi connectivity index (χ2n) is 2.89. The molecular formula is C11H24. The Morgan fingerprint density at radius 3 is 1.55 bits per heavy atom. The van der Waals surface area contributed by atoms with E-state index < -0.39 is 0 Å². The maximum Gasteiger partial charge on any atom is -0.0326 e. The van der Waals surface area contributed by atoms with Crippen molar-refractivity contribution in [2.45, 2.75) is 60.3 Å². The molecule has 0 aromatic rings. The summed E-state index contributed by atoms with van der Waals surface area (Å²) in [7, 11) is 0. The van der Waals surface area contributed by atoms with Gasteiger partial charge in [0.15, 0.2) is 0 Å². The predicted molar refractivity (Wildman–Crippen MR) is 54.9 cm³/mol. The molecule has 0 N–H and O–H groups in total. The highest BCUT2D eigenvalue weighted by Crippen LogP contribution is 2.00. The second kappa shape index (κ2) is 12.4. The Morgan fingerprint density at radius 2 is 1.45 bits per heavy atom. The van der Waals surface area contributed by atoms with Crippen LogP contribution in [0.5, 0.6) is 0 Å². The van der Waals surface area contributed by atoms with Crippen LogP contribution in [-0.4, -0.2) is 0 Å².